The third-order valence-corrected chi connectivity index (χ3v) is 6.22. The number of benzene rings is 2. The number of halogens is 3. The van der Waals surface area contributed by atoms with Gasteiger partial charge in [0.1, 0.15) is 17.3 Å². The second-order valence-electron chi connectivity index (χ2n) is 6.67. The zero-order valence-corrected chi connectivity index (χ0v) is 18.3. The van der Waals surface area contributed by atoms with Gasteiger partial charge in [0.15, 0.2) is 0 Å². The molecule has 162 valence electrons. The van der Waals surface area contributed by atoms with Gasteiger partial charge in [0.2, 0.25) is 0 Å². The Morgan fingerprint density at radius 1 is 1.12 bits per heavy atom. The summed E-state index contributed by atoms with van der Waals surface area (Å²) in [6.07, 6.45) is 1.38. The summed E-state index contributed by atoms with van der Waals surface area (Å²) in [7, 11) is 0. The highest BCUT2D eigenvalue weighted by molar-refractivity contribution is 8.18. The van der Waals surface area contributed by atoms with Crippen LogP contribution in [0.5, 0.6) is 0 Å². The van der Waals surface area contributed by atoms with Crippen molar-refractivity contribution in [2.24, 2.45) is 0 Å². The fourth-order valence-electron chi connectivity index (χ4n) is 3.03. The van der Waals surface area contributed by atoms with E-state index >= 15 is 0 Å². The molecule has 2 aromatic carbocycles. The van der Waals surface area contributed by atoms with Crippen LogP contribution in [0.3, 0.4) is 0 Å². The highest BCUT2D eigenvalue weighted by atomic mass is 35.5. The molecule has 3 aromatic rings. The van der Waals surface area contributed by atoms with Crippen LogP contribution < -0.4 is 0 Å². The van der Waals surface area contributed by atoms with E-state index in [9.17, 15) is 18.8 Å². The van der Waals surface area contributed by atoms with E-state index in [0.29, 0.717) is 23.1 Å². The molecular formula is C22H12Cl2FNO5S. The van der Waals surface area contributed by atoms with Gasteiger partial charge in [0, 0.05) is 22.2 Å². The summed E-state index contributed by atoms with van der Waals surface area (Å²) in [5.74, 6) is -1.79. The summed E-state index contributed by atoms with van der Waals surface area (Å²) >= 11 is 12.9. The van der Waals surface area contributed by atoms with Crippen molar-refractivity contribution in [3.8, 4) is 11.3 Å². The molecule has 1 aliphatic heterocycles. The van der Waals surface area contributed by atoms with Crippen LogP contribution in [0.2, 0.25) is 10.0 Å². The lowest BCUT2D eigenvalue weighted by Crippen LogP contribution is -2.28. The van der Waals surface area contributed by atoms with Crippen molar-refractivity contribution in [1.82, 2.24) is 4.90 Å². The first-order chi connectivity index (χ1) is 15.2. The minimum Gasteiger partial charge on any atom is -0.478 e. The molecule has 1 aromatic heterocycles. The van der Waals surface area contributed by atoms with Gasteiger partial charge in [-0.15, -0.1) is 0 Å². The van der Waals surface area contributed by atoms with E-state index in [1.807, 2.05) is 0 Å². The van der Waals surface area contributed by atoms with E-state index in [-0.39, 0.29) is 38.4 Å². The number of carboxylic acid groups (broad SMARTS) is 1. The maximum absolute atomic E-state index is 14.1. The summed E-state index contributed by atoms with van der Waals surface area (Å²) in [5, 5.41) is 9.01. The standard InChI is InChI=1S/C22H12Cl2FNO5S/c23-15-2-1-3-17(25)14(15)10-26-20(27)19(32-22(26)30)9-12-5-7-18(31-12)13-8-11(21(28)29)4-6-16(13)24/h1-9H,10H2,(H,28,29). The van der Waals surface area contributed by atoms with Crippen LogP contribution in [0.1, 0.15) is 21.7 Å². The quantitative estimate of drug-likeness (QED) is 0.419. The van der Waals surface area contributed by atoms with Crippen molar-refractivity contribution in [3.05, 3.63) is 86.2 Å². The Bertz CT molecular complexity index is 1280. The molecule has 0 radical (unpaired) electrons. The molecule has 0 spiro atoms. The third-order valence-electron chi connectivity index (χ3n) is 4.63. The normalized spacial score (nSPS) is 15.1. The molecule has 0 atom stereocenters. The number of nitrogens with zero attached hydrogens (tertiary/aromatic N) is 1. The highest BCUT2D eigenvalue weighted by Crippen LogP contribution is 2.36. The Morgan fingerprint density at radius 3 is 2.62 bits per heavy atom. The monoisotopic (exact) mass is 491 g/mol. The van der Waals surface area contributed by atoms with Crippen LogP contribution in [0.15, 0.2) is 57.9 Å². The lowest BCUT2D eigenvalue weighted by molar-refractivity contribution is -0.123. The minimum absolute atomic E-state index is 0.0373. The van der Waals surface area contributed by atoms with E-state index in [4.69, 9.17) is 32.7 Å². The number of hydrogen-bond donors (Lipinski definition) is 1. The Hall–Kier alpha value is -3.07. The van der Waals surface area contributed by atoms with Crippen LogP contribution in [0.4, 0.5) is 9.18 Å². The molecule has 0 aliphatic carbocycles. The van der Waals surface area contributed by atoms with Crippen molar-refractivity contribution in [3.63, 3.8) is 0 Å². The van der Waals surface area contributed by atoms with E-state index in [1.54, 1.807) is 12.1 Å². The fourth-order valence-corrected chi connectivity index (χ4v) is 4.28. The topological polar surface area (TPSA) is 87.8 Å². The summed E-state index contributed by atoms with van der Waals surface area (Å²) in [5.41, 5.74) is 0.453. The number of imide groups is 1. The van der Waals surface area contributed by atoms with Gasteiger partial charge in [-0.1, -0.05) is 29.3 Å². The van der Waals surface area contributed by atoms with Crippen molar-refractivity contribution in [2.45, 2.75) is 6.54 Å². The number of thioether (sulfide) groups is 1. The summed E-state index contributed by atoms with van der Waals surface area (Å²) in [6.45, 7) is -0.297. The average Bonchev–Trinajstić information content (AvgIpc) is 3.30. The Morgan fingerprint density at radius 2 is 1.91 bits per heavy atom. The summed E-state index contributed by atoms with van der Waals surface area (Å²) in [6, 6.07) is 11.4. The van der Waals surface area contributed by atoms with E-state index in [0.717, 1.165) is 4.90 Å². The second-order valence-corrected chi connectivity index (χ2v) is 8.48. The fraction of sp³-hybridized carbons (Fsp3) is 0.0455. The second kappa shape index (κ2) is 8.82. The summed E-state index contributed by atoms with van der Waals surface area (Å²) < 4.78 is 19.8. The zero-order chi connectivity index (χ0) is 23.0. The minimum atomic E-state index is -1.11. The molecule has 1 aliphatic rings. The molecule has 1 saturated heterocycles. The van der Waals surface area contributed by atoms with Crippen LogP contribution in [-0.4, -0.2) is 27.1 Å². The number of furan rings is 1. The molecule has 10 heteroatoms. The number of carboxylic acids is 1. The van der Waals surface area contributed by atoms with Crippen molar-refractivity contribution >= 4 is 58.2 Å². The van der Waals surface area contributed by atoms with Gasteiger partial charge < -0.3 is 9.52 Å². The van der Waals surface area contributed by atoms with Gasteiger partial charge in [-0.3, -0.25) is 14.5 Å². The van der Waals surface area contributed by atoms with E-state index < -0.39 is 22.9 Å². The Kier molecular flexibility index (Phi) is 6.10. The largest absolute Gasteiger partial charge is 0.478 e. The third kappa shape index (κ3) is 4.29. The zero-order valence-electron chi connectivity index (χ0n) is 16.0. The predicted octanol–water partition coefficient (Wildman–Crippen LogP) is 6.33. The van der Waals surface area contributed by atoms with Gasteiger partial charge in [-0.2, -0.15) is 0 Å². The maximum atomic E-state index is 14.1. The molecule has 0 bridgehead atoms. The maximum Gasteiger partial charge on any atom is 0.335 e. The first kappa shape index (κ1) is 22.1. The Balaban J connectivity index is 1.59. The van der Waals surface area contributed by atoms with Crippen LogP contribution in [-0.2, 0) is 11.3 Å². The summed E-state index contributed by atoms with van der Waals surface area (Å²) in [4.78, 5) is 37.3. The highest BCUT2D eigenvalue weighted by Gasteiger charge is 2.36. The van der Waals surface area contributed by atoms with Gasteiger partial charge in [-0.25, -0.2) is 9.18 Å². The van der Waals surface area contributed by atoms with Crippen molar-refractivity contribution in [1.29, 1.82) is 0 Å². The smallest absolute Gasteiger partial charge is 0.335 e. The molecule has 0 unspecified atom stereocenters. The molecular weight excluding hydrogens is 480 g/mol. The van der Waals surface area contributed by atoms with Crippen LogP contribution in [0.25, 0.3) is 17.4 Å². The number of carbonyl (C=O) groups is 3. The molecule has 1 fully saturated rings. The van der Waals surface area contributed by atoms with E-state index in [1.165, 1.54) is 42.5 Å². The molecule has 2 amide bonds. The van der Waals surface area contributed by atoms with E-state index in [2.05, 4.69) is 0 Å². The Labute approximate surface area is 195 Å². The van der Waals surface area contributed by atoms with Crippen LogP contribution in [0, 0.1) is 5.82 Å². The SMILES string of the molecule is O=C(O)c1ccc(Cl)c(-c2ccc(C=C3SC(=O)N(Cc4c(F)cccc4Cl)C3=O)o2)c1. The average molecular weight is 492 g/mol. The predicted molar refractivity (Wildman–Crippen MR) is 119 cm³/mol. The lowest BCUT2D eigenvalue weighted by atomic mass is 10.1. The van der Waals surface area contributed by atoms with Crippen molar-refractivity contribution in [2.75, 3.05) is 0 Å². The molecule has 6 nitrogen and oxygen atoms in total. The van der Waals surface area contributed by atoms with Crippen LogP contribution >= 0.6 is 35.0 Å². The van der Waals surface area contributed by atoms with Gasteiger partial charge in [0.05, 0.1) is 22.0 Å². The number of amides is 2. The molecule has 32 heavy (non-hydrogen) atoms. The van der Waals surface area contributed by atoms with Gasteiger partial charge >= 0.3 is 5.97 Å². The number of carbonyl (C=O) groups excluding carboxylic acids is 2. The molecule has 2 heterocycles. The number of hydrogen-bond acceptors (Lipinski definition) is 5. The lowest BCUT2D eigenvalue weighted by Gasteiger charge is -2.14. The number of aromatic carboxylic acids is 1. The first-order valence-electron chi connectivity index (χ1n) is 9.06. The van der Waals surface area contributed by atoms with Gasteiger partial charge in [0.25, 0.3) is 11.1 Å². The molecule has 4 rings (SSSR count). The van der Waals surface area contributed by atoms with Gasteiger partial charge in [-0.05, 0) is 54.2 Å². The molecule has 0 saturated carbocycles. The first-order valence-corrected chi connectivity index (χ1v) is 10.6. The number of rotatable bonds is 5. The van der Waals surface area contributed by atoms with Crippen molar-refractivity contribution < 1.29 is 28.3 Å². The molecule has 1 N–H and O–H groups in total.